The number of amides is 2. The molecular formula is C22H20FIN4O2+. The van der Waals surface area contributed by atoms with Gasteiger partial charge in [-0.05, 0) is 47.7 Å². The molecule has 30 heavy (non-hydrogen) atoms. The summed E-state index contributed by atoms with van der Waals surface area (Å²) >= 11 is 2.03. The summed E-state index contributed by atoms with van der Waals surface area (Å²) in [6, 6.07) is 16.9. The molecule has 3 N–H and O–H groups in total. The van der Waals surface area contributed by atoms with E-state index in [0.29, 0.717) is 36.7 Å². The number of urea groups is 1. The maximum absolute atomic E-state index is 14.4. The predicted octanol–water partition coefficient (Wildman–Crippen LogP) is 4.04. The van der Waals surface area contributed by atoms with Crippen molar-refractivity contribution in [2.24, 2.45) is 5.73 Å². The van der Waals surface area contributed by atoms with Crippen LogP contribution in [0.25, 0.3) is 0 Å². The van der Waals surface area contributed by atoms with E-state index in [1.54, 1.807) is 23.6 Å². The molecular weight excluding hydrogens is 498 g/mol. The number of benzene rings is 2. The highest BCUT2D eigenvalue weighted by molar-refractivity contribution is 14.1. The van der Waals surface area contributed by atoms with Gasteiger partial charge in [-0.25, -0.2) is 9.18 Å². The first kappa shape index (κ1) is 20.5. The third-order valence-electron chi connectivity index (χ3n) is 5.45. The molecule has 1 atom stereocenters. The molecule has 2 amide bonds. The number of pyridine rings is 1. The van der Waals surface area contributed by atoms with Gasteiger partial charge in [-0.1, -0.05) is 30.3 Å². The summed E-state index contributed by atoms with van der Waals surface area (Å²) in [5.41, 5.74) is 7.50. The fourth-order valence-electron chi connectivity index (χ4n) is 3.79. The lowest BCUT2D eigenvalue weighted by molar-refractivity contribution is 0.210. The van der Waals surface area contributed by atoms with E-state index >= 15 is 0 Å². The topological polar surface area (TPSA) is 77.1 Å². The van der Waals surface area contributed by atoms with Crippen LogP contribution < -0.4 is 21.1 Å². The number of hydrogen-bond donors (Lipinski definition) is 2. The number of nitrogens with zero attached hydrogens (tertiary/aromatic N) is 2. The highest BCUT2D eigenvalue weighted by Gasteiger charge is 2.46. The number of nitrogens with two attached hydrogens (primary N) is 1. The van der Waals surface area contributed by atoms with Gasteiger partial charge in [0.05, 0.1) is 24.0 Å². The summed E-state index contributed by atoms with van der Waals surface area (Å²) in [5.74, 6) is -0.0504. The Hall–Kier alpha value is -2.72. The summed E-state index contributed by atoms with van der Waals surface area (Å²) in [7, 11) is 0. The van der Waals surface area contributed by atoms with Gasteiger partial charge in [0.1, 0.15) is 18.9 Å². The zero-order valence-corrected chi connectivity index (χ0v) is 18.4. The van der Waals surface area contributed by atoms with Crippen LogP contribution in [0.2, 0.25) is 0 Å². The zero-order chi connectivity index (χ0) is 21.5. The lowest BCUT2D eigenvalue weighted by Gasteiger charge is -2.28. The minimum atomic E-state index is -0.559. The van der Waals surface area contributed by atoms with E-state index in [-0.39, 0.29) is 15.7 Å². The molecule has 1 aliphatic rings. The monoisotopic (exact) mass is 518 g/mol. The molecule has 153 valence electrons. The molecule has 0 aliphatic carbocycles. The van der Waals surface area contributed by atoms with Gasteiger partial charge < -0.3 is 11.1 Å². The molecule has 0 saturated carbocycles. The summed E-state index contributed by atoms with van der Waals surface area (Å²) < 4.78 is 16.5. The number of carbonyl (C=O) groups is 1. The van der Waals surface area contributed by atoms with Crippen LogP contribution >= 0.6 is 22.6 Å². The first-order valence-corrected chi connectivity index (χ1v) is 10.5. The third kappa shape index (κ3) is 3.50. The first-order chi connectivity index (χ1) is 14.3. The summed E-state index contributed by atoms with van der Waals surface area (Å²) in [6.45, 7) is 2.69. The number of primary amides is 1. The van der Waals surface area contributed by atoms with Gasteiger partial charge in [-0.2, -0.15) is 4.48 Å². The highest BCUT2D eigenvalue weighted by Crippen LogP contribution is 2.34. The Morgan fingerprint density at radius 3 is 2.70 bits per heavy atom. The van der Waals surface area contributed by atoms with Crippen molar-refractivity contribution >= 4 is 45.8 Å². The van der Waals surface area contributed by atoms with Crippen LogP contribution in [0.1, 0.15) is 11.1 Å². The largest absolute Gasteiger partial charge is 0.420 e. The minimum absolute atomic E-state index is 0.219. The van der Waals surface area contributed by atoms with Gasteiger partial charge in [0, 0.05) is 14.7 Å². The Bertz CT molecular complexity index is 1200. The van der Waals surface area contributed by atoms with Gasteiger partial charge in [0.15, 0.2) is 0 Å². The van der Waals surface area contributed by atoms with Crippen LogP contribution in [0.15, 0.2) is 53.3 Å². The van der Waals surface area contributed by atoms with Gasteiger partial charge in [0.2, 0.25) is 5.82 Å². The van der Waals surface area contributed by atoms with Crippen molar-refractivity contribution in [3.05, 3.63) is 85.5 Å². The van der Waals surface area contributed by atoms with Crippen LogP contribution in [0.4, 0.5) is 26.4 Å². The standard InChI is InChI=1S/C22H19FIN4O2/c1-14-19(26-18-8-7-16(24)11-17(18)23)12-20-27(21(14)29)9-10-28(20,22(25)30)13-15-5-3-2-4-6-15/h2-8,11H,9-10,13H2,1H3,(H2-,25,26,29,30)/p+1. The van der Waals surface area contributed by atoms with Crippen molar-refractivity contribution in [1.29, 1.82) is 0 Å². The van der Waals surface area contributed by atoms with Gasteiger partial charge in [-0.15, -0.1) is 0 Å². The van der Waals surface area contributed by atoms with E-state index in [4.69, 9.17) is 5.73 Å². The normalized spacial score (nSPS) is 17.6. The Morgan fingerprint density at radius 1 is 1.30 bits per heavy atom. The minimum Gasteiger partial charge on any atom is -0.352 e. The number of rotatable bonds is 4. The van der Waals surface area contributed by atoms with Gasteiger partial charge in [0.25, 0.3) is 5.56 Å². The second kappa shape index (κ2) is 7.84. The summed E-state index contributed by atoms with van der Waals surface area (Å²) in [6.07, 6.45) is 0. The molecule has 0 saturated heterocycles. The zero-order valence-electron chi connectivity index (χ0n) is 16.3. The van der Waals surface area contributed by atoms with Gasteiger partial charge in [-0.3, -0.25) is 9.36 Å². The quantitative estimate of drug-likeness (QED) is 0.405. The maximum Gasteiger partial charge on any atom is 0.420 e. The lowest BCUT2D eigenvalue weighted by Crippen LogP contribution is -2.55. The predicted molar refractivity (Wildman–Crippen MR) is 123 cm³/mol. The Kier molecular flexibility index (Phi) is 5.37. The van der Waals surface area contributed by atoms with Crippen molar-refractivity contribution in [1.82, 2.24) is 9.05 Å². The molecule has 1 aliphatic heterocycles. The number of anilines is 2. The smallest absolute Gasteiger partial charge is 0.352 e. The van der Waals surface area contributed by atoms with Crippen molar-refractivity contribution < 1.29 is 9.18 Å². The van der Waals surface area contributed by atoms with Crippen molar-refractivity contribution in [2.75, 3.05) is 11.9 Å². The third-order valence-corrected chi connectivity index (χ3v) is 6.12. The van der Waals surface area contributed by atoms with Crippen LogP contribution in [0.5, 0.6) is 0 Å². The lowest BCUT2D eigenvalue weighted by atomic mass is 10.1. The fraction of sp³-hybridized carbons (Fsp3) is 0.182. The molecule has 1 radical (unpaired) electrons. The molecule has 2 heterocycles. The second-order valence-electron chi connectivity index (χ2n) is 7.33. The highest BCUT2D eigenvalue weighted by atomic mass is 127. The van der Waals surface area contributed by atoms with Crippen LogP contribution in [-0.2, 0) is 13.1 Å². The molecule has 1 aromatic heterocycles. The van der Waals surface area contributed by atoms with E-state index in [0.717, 1.165) is 9.13 Å². The van der Waals surface area contributed by atoms with Crippen molar-refractivity contribution in [3.8, 4) is 0 Å². The Balaban J connectivity index is 1.83. The SMILES string of the molecule is Cc1c(Nc2ccc(I)cc2F)[c]c2n(c1=O)CC[N+]2(Cc1ccccc1)C(N)=O. The van der Waals surface area contributed by atoms with Crippen LogP contribution in [-0.4, -0.2) is 17.1 Å². The van der Waals surface area contributed by atoms with E-state index in [2.05, 4.69) is 11.4 Å². The number of aromatic nitrogens is 1. The number of nitrogens with one attached hydrogen (secondary N) is 1. The van der Waals surface area contributed by atoms with Crippen molar-refractivity contribution in [3.63, 3.8) is 0 Å². The van der Waals surface area contributed by atoms with E-state index in [1.807, 2.05) is 52.9 Å². The van der Waals surface area contributed by atoms with E-state index in [9.17, 15) is 14.0 Å². The molecule has 3 aromatic rings. The molecule has 0 fully saturated rings. The average Bonchev–Trinajstić information content (AvgIpc) is 3.08. The number of hydrogen-bond acceptors (Lipinski definition) is 3. The molecule has 0 spiro atoms. The fourth-order valence-corrected chi connectivity index (χ4v) is 4.25. The summed E-state index contributed by atoms with van der Waals surface area (Å²) in [4.78, 5) is 25.6. The van der Waals surface area contributed by atoms with Crippen LogP contribution in [0.3, 0.4) is 0 Å². The molecule has 0 bridgehead atoms. The average molecular weight is 518 g/mol. The van der Waals surface area contributed by atoms with Gasteiger partial charge >= 0.3 is 6.03 Å². The Labute approximate surface area is 186 Å². The van der Waals surface area contributed by atoms with E-state index in [1.165, 1.54) is 6.07 Å². The maximum atomic E-state index is 14.4. The number of quaternary nitrogens is 1. The molecule has 2 aromatic carbocycles. The van der Waals surface area contributed by atoms with Crippen LogP contribution in [0, 0.1) is 22.4 Å². The number of fused-ring (bicyclic) bond motifs is 1. The second-order valence-corrected chi connectivity index (χ2v) is 8.57. The molecule has 1 unspecified atom stereocenters. The molecule has 4 rings (SSSR count). The summed E-state index contributed by atoms with van der Waals surface area (Å²) in [5, 5.41) is 2.97. The number of carbonyl (C=O) groups excluding carboxylic acids is 1. The van der Waals surface area contributed by atoms with Crippen molar-refractivity contribution in [2.45, 2.75) is 20.0 Å². The first-order valence-electron chi connectivity index (χ1n) is 9.42. The van der Waals surface area contributed by atoms with E-state index < -0.39 is 11.8 Å². The Morgan fingerprint density at radius 2 is 2.03 bits per heavy atom. The molecule has 8 heteroatoms. The number of halogens is 2. The molecule has 6 nitrogen and oxygen atoms in total.